The van der Waals surface area contributed by atoms with Crippen LogP contribution in [-0.2, 0) is 11.3 Å². The molecule has 2 aromatic carbocycles. The van der Waals surface area contributed by atoms with Crippen molar-refractivity contribution in [2.24, 2.45) is 5.92 Å². The summed E-state index contributed by atoms with van der Waals surface area (Å²) in [6, 6.07) is 16.3. The molecule has 0 spiro atoms. The van der Waals surface area contributed by atoms with Crippen molar-refractivity contribution in [1.82, 2.24) is 10.2 Å². The summed E-state index contributed by atoms with van der Waals surface area (Å²) in [7, 11) is 0. The Labute approximate surface area is 191 Å². The van der Waals surface area contributed by atoms with Crippen LogP contribution in [0.15, 0.2) is 48.5 Å². The minimum atomic E-state index is -0.0827. The average Bonchev–Trinajstić information content (AvgIpc) is 2.82. The lowest BCUT2D eigenvalue weighted by molar-refractivity contribution is -0.121. The van der Waals surface area contributed by atoms with Crippen molar-refractivity contribution < 1.29 is 9.59 Å². The SMILES string of the molecule is Cc1ccc(CN2CCC(C(=O)Nc3ccccc3C(=O)NC3CCCCC3)CC2)cc1. The monoisotopic (exact) mass is 433 g/mol. The Bertz CT molecular complexity index is 911. The zero-order valence-electron chi connectivity index (χ0n) is 19.1. The third-order valence-electron chi connectivity index (χ3n) is 6.86. The Morgan fingerprint density at radius 3 is 2.31 bits per heavy atom. The lowest BCUT2D eigenvalue weighted by atomic mass is 9.94. The molecule has 2 amide bonds. The number of piperidine rings is 1. The number of hydrogen-bond donors (Lipinski definition) is 2. The number of amides is 2. The van der Waals surface area contributed by atoms with E-state index in [2.05, 4.69) is 46.7 Å². The van der Waals surface area contributed by atoms with Crippen LogP contribution in [0.5, 0.6) is 0 Å². The van der Waals surface area contributed by atoms with Crippen LogP contribution in [-0.4, -0.2) is 35.8 Å². The van der Waals surface area contributed by atoms with Gasteiger partial charge in [0, 0.05) is 18.5 Å². The molecule has 2 N–H and O–H groups in total. The molecule has 0 bridgehead atoms. The van der Waals surface area contributed by atoms with Gasteiger partial charge >= 0.3 is 0 Å². The number of aryl methyl sites for hydroxylation is 1. The van der Waals surface area contributed by atoms with E-state index in [4.69, 9.17) is 0 Å². The molecule has 0 unspecified atom stereocenters. The molecule has 1 aliphatic heterocycles. The van der Waals surface area contributed by atoms with Crippen LogP contribution in [0.25, 0.3) is 0 Å². The predicted octanol–water partition coefficient (Wildman–Crippen LogP) is 4.91. The molecular weight excluding hydrogens is 398 g/mol. The number of para-hydroxylation sites is 1. The second-order valence-corrected chi connectivity index (χ2v) is 9.38. The van der Waals surface area contributed by atoms with E-state index in [0.29, 0.717) is 11.3 Å². The first-order valence-corrected chi connectivity index (χ1v) is 12.1. The summed E-state index contributed by atoms with van der Waals surface area (Å²) < 4.78 is 0. The number of nitrogens with zero attached hydrogens (tertiary/aromatic N) is 1. The normalized spacial score (nSPS) is 18.3. The molecule has 2 aliphatic rings. The number of carbonyl (C=O) groups excluding carboxylic acids is 2. The van der Waals surface area contributed by atoms with Crippen LogP contribution in [0.2, 0.25) is 0 Å². The van der Waals surface area contributed by atoms with E-state index in [9.17, 15) is 9.59 Å². The van der Waals surface area contributed by atoms with Gasteiger partial charge < -0.3 is 10.6 Å². The highest BCUT2D eigenvalue weighted by Crippen LogP contribution is 2.24. The molecular formula is C27H35N3O2. The molecule has 170 valence electrons. The van der Waals surface area contributed by atoms with Crippen molar-refractivity contribution >= 4 is 17.5 Å². The second kappa shape index (κ2) is 10.8. The van der Waals surface area contributed by atoms with E-state index >= 15 is 0 Å². The number of hydrogen-bond acceptors (Lipinski definition) is 3. The highest BCUT2D eigenvalue weighted by atomic mass is 16.2. The molecule has 1 aliphatic carbocycles. The van der Waals surface area contributed by atoms with Crippen LogP contribution in [0.3, 0.4) is 0 Å². The van der Waals surface area contributed by atoms with Crippen molar-refractivity contribution in [3.05, 3.63) is 65.2 Å². The molecule has 5 nitrogen and oxygen atoms in total. The van der Waals surface area contributed by atoms with E-state index < -0.39 is 0 Å². The maximum Gasteiger partial charge on any atom is 0.253 e. The van der Waals surface area contributed by atoms with Gasteiger partial charge in [-0.15, -0.1) is 0 Å². The van der Waals surface area contributed by atoms with Gasteiger partial charge in [0.2, 0.25) is 5.91 Å². The van der Waals surface area contributed by atoms with Gasteiger partial charge in [0.1, 0.15) is 0 Å². The van der Waals surface area contributed by atoms with Gasteiger partial charge in [0.15, 0.2) is 0 Å². The van der Waals surface area contributed by atoms with Crippen LogP contribution in [0, 0.1) is 12.8 Å². The highest BCUT2D eigenvalue weighted by molar-refractivity contribution is 6.04. The van der Waals surface area contributed by atoms with Crippen molar-refractivity contribution in [3.63, 3.8) is 0 Å². The maximum absolute atomic E-state index is 13.0. The molecule has 1 saturated heterocycles. The van der Waals surface area contributed by atoms with Gasteiger partial charge in [-0.3, -0.25) is 14.5 Å². The molecule has 32 heavy (non-hydrogen) atoms. The Morgan fingerprint density at radius 1 is 0.906 bits per heavy atom. The zero-order valence-corrected chi connectivity index (χ0v) is 19.1. The van der Waals surface area contributed by atoms with E-state index in [-0.39, 0.29) is 23.8 Å². The molecule has 2 aromatic rings. The van der Waals surface area contributed by atoms with Crippen LogP contribution in [0.1, 0.15) is 66.4 Å². The summed E-state index contributed by atoms with van der Waals surface area (Å²) in [6.07, 6.45) is 7.37. The van der Waals surface area contributed by atoms with E-state index in [0.717, 1.165) is 45.3 Å². The van der Waals surface area contributed by atoms with E-state index in [1.54, 1.807) is 6.07 Å². The van der Waals surface area contributed by atoms with Crippen molar-refractivity contribution in [2.45, 2.75) is 64.5 Å². The first-order chi connectivity index (χ1) is 15.6. The number of benzene rings is 2. The fourth-order valence-electron chi connectivity index (χ4n) is 4.84. The van der Waals surface area contributed by atoms with E-state index in [1.165, 1.54) is 30.4 Å². The molecule has 2 fully saturated rings. The highest BCUT2D eigenvalue weighted by Gasteiger charge is 2.26. The number of nitrogens with one attached hydrogen (secondary N) is 2. The summed E-state index contributed by atoms with van der Waals surface area (Å²) >= 11 is 0. The molecule has 0 radical (unpaired) electrons. The van der Waals surface area contributed by atoms with Gasteiger partial charge in [-0.2, -0.15) is 0 Å². The molecule has 5 heteroatoms. The Hall–Kier alpha value is -2.66. The predicted molar refractivity (Wildman–Crippen MR) is 129 cm³/mol. The number of anilines is 1. The summed E-state index contributed by atoms with van der Waals surface area (Å²) in [4.78, 5) is 28.3. The first kappa shape index (κ1) is 22.5. The average molecular weight is 434 g/mol. The second-order valence-electron chi connectivity index (χ2n) is 9.38. The largest absolute Gasteiger partial charge is 0.349 e. The smallest absolute Gasteiger partial charge is 0.253 e. The standard InChI is InChI=1S/C27H35N3O2/c1-20-11-13-21(14-12-20)19-30-17-15-22(16-18-30)26(31)29-25-10-6-5-9-24(25)27(32)28-23-7-3-2-4-8-23/h5-6,9-14,22-23H,2-4,7-8,15-19H2,1H3,(H,28,32)(H,29,31). The van der Waals surface area contributed by atoms with Crippen LogP contribution < -0.4 is 10.6 Å². The topological polar surface area (TPSA) is 61.4 Å². The Kier molecular flexibility index (Phi) is 7.59. The quantitative estimate of drug-likeness (QED) is 0.681. The maximum atomic E-state index is 13.0. The minimum absolute atomic E-state index is 0.0151. The molecule has 0 aromatic heterocycles. The third kappa shape index (κ3) is 5.98. The lowest BCUT2D eigenvalue weighted by Gasteiger charge is -2.31. The fourth-order valence-corrected chi connectivity index (χ4v) is 4.84. The Balaban J connectivity index is 1.30. The van der Waals surface area contributed by atoms with Gasteiger partial charge in [0.25, 0.3) is 5.91 Å². The van der Waals surface area contributed by atoms with Crippen LogP contribution >= 0.6 is 0 Å². The van der Waals surface area contributed by atoms with Gasteiger partial charge in [-0.05, 0) is 63.4 Å². The molecule has 1 saturated carbocycles. The third-order valence-corrected chi connectivity index (χ3v) is 6.86. The van der Waals surface area contributed by atoms with Crippen molar-refractivity contribution in [1.29, 1.82) is 0 Å². The minimum Gasteiger partial charge on any atom is -0.349 e. The van der Waals surface area contributed by atoms with Crippen molar-refractivity contribution in [3.8, 4) is 0 Å². The number of rotatable bonds is 6. The van der Waals surface area contributed by atoms with Crippen LogP contribution in [0.4, 0.5) is 5.69 Å². The first-order valence-electron chi connectivity index (χ1n) is 12.1. The van der Waals surface area contributed by atoms with Gasteiger partial charge in [0.05, 0.1) is 11.3 Å². The number of carbonyl (C=O) groups is 2. The summed E-state index contributed by atoms with van der Waals surface area (Å²) in [5.74, 6) is -0.0719. The zero-order chi connectivity index (χ0) is 22.3. The summed E-state index contributed by atoms with van der Waals surface area (Å²) in [5.41, 5.74) is 3.77. The molecule has 1 heterocycles. The van der Waals surface area contributed by atoms with Crippen molar-refractivity contribution in [2.75, 3.05) is 18.4 Å². The van der Waals surface area contributed by atoms with E-state index in [1.807, 2.05) is 18.2 Å². The Morgan fingerprint density at radius 2 is 1.59 bits per heavy atom. The molecule has 4 rings (SSSR count). The fraction of sp³-hybridized carbons (Fsp3) is 0.481. The summed E-state index contributed by atoms with van der Waals surface area (Å²) in [5, 5.41) is 6.21. The lowest BCUT2D eigenvalue weighted by Crippen LogP contribution is -2.38. The van der Waals surface area contributed by atoms with Gasteiger partial charge in [-0.1, -0.05) is 61.2 Å². The summed E-state index contributed by atoms with van der Waals surface area (Å²) in [6.45, 7) is 4.86. The van der Waals surface area contributed by atoms with Gasteiger partial charge in [-0.25, -0.2) is 0 Å². The number of likely N-dealkylation sites (tertiary alicyclic amines) is 1. The molecule has 0 atom stereocenters.